The van der Waals surface area contributed by atoms with Gasteiger partial charge in [0, 0.05) is 69.3 Å². The van der Waals surface area contributed by atoms with Crippen LogP contribution in [0.1, 0.15) is 36.0 Å². The van der Waals surface area contributed by atoms with Gasteiger partial charge in [-0.1, -0.05) is 18.2 Å². The van der Waals surface area contributed by atoms with Crippen molar-refractivity contribution >= 4 is 22.7 Å². The summed E-state index contributed by atoms with van der Waals surface area (Å²) in [5.41, 5.74) is 1.87. The summed E-state index contributed by atoms with van der Waals surface area (Å²) < 4.78 is 7.19. The highest BCUT2D eigenvalue weighted by molar-refractivity contribution is 6.07. The topological polar surface area (TPSA) is 54.8 Å². The third kappa shape index (κ3) is 3.41. The van der Waals surface area contributed by atoms with Crippen molar-refractivity contribution in [2.75, 3.05) is 39.9 Å². The average molecular weight is 383 g/mol. The van der Waals surface area contributed by atoms with Crippen molar-refractivity contribution in [2.24, 2.45) is 12.5 Å². The first-order chi connectivity index (χ1) is 13.5. The molecule has 0 bridgehead atoms. The van der Waals surface area contributed by atoms with Crippen molar-refractivity contribution in [1.82, 2.24) is 14.4 Å². The lowest BCUT2D eigenvalue weighted by molar-refractivity contribution is -0.139. The maximum atomic E-state index is 13.4. The predicted octanol–water partition coefficient (Wildman–Crippen LogP) is 2.67. The molecule has 4 rings (SSSR count). The van der Waals surface area contributed by atoms with Crippen LogP contribution in [0.3, 0.4) is 0 Å². The van der Waals surface area contributed by atoms with E-state index >= 15 is 0 Å². The SMILES string of the molecule is COCCN1C[C@]2(CCCN(C(=O)c3cn(C)c4ccccc34)C2)CCC1=O. The van der Waals surface area contributed by atoms with Crippen molar-refractivity contribution < 1.29 is 14.3 Å². The van der Waals surface area contributed by atoms with E-state index in [-0.39, 0.29) is 17.2 Å². The average Bonchev–Trinajstić information content (AvgIpc) is 3.05. The molecule has 2 saturated heterocycles. The van der Waals surface area contributed by atoms with Crippen LogP contribution in [0.5, 0.6) is 0 Å². The second kappa shape index (κ2) is 7.59. The van der Waals surface area contributed by atoms with Gasteiger partial charge in [-0.2, -0.15) is 0 Å². The van der Waals surface area contributed by atoms with Crippen molar-refractivity contribution in [2.45, 2.75) is 25.7 Å². The molecule has 2 aromatic rings. The fraction of sp³-hybridized carbons (Fsp3) is 0.545. The summed E-state index contributed by atoms with van der Waals surface area (Å²) in [6.45, 7) is 3.44. The van der Waals surface area contributed by atoms with E-state index in [0.717, 1.165) is 55.4 Å². The lowest BCUT2D eigenvalue weighted by Gasteiger charge is -2.48. The number of rotatable bonds is 4. The van der Waals surface area contributed by atoms with E-state index in [1.54, 1.807) is 7.11 Å². The summed E-state index contributed by atoms with van der Waals surface area (Å²) in [5, 5.41) is 1.01. The Morgan fingerprint density at radius 1 is 1.21 bits per heavy atom. The molecular formula is C22H29N3O3. The second-order valence-corrected chi connectivity index (χ2v) is 8.31. The van der Waals surface area contributed by atoms with Crippen LogP contribution in [0.25, 0.3) is 10.9 Å². The molecule has 2 amide bonds. The number of carbonyl (C=O) groups is 2. The van der Waals surface area contributed by atoms with Crippen LogP contribution in [0.15, 0.2) is 30.5 Å². The molecule has 3 heterocycles. The number of para-hydroxylation sites is 1. The molecule has 2 aliphatic rings. The third-order valence-electron chi connectivity index (χ3n) is 6.39. The minimum atomic E-state index is 0.0140. The van der Waals surface area contributed by atoms with Crippen molar-refractivity contribution in [3.8, 4) is 0 Å². The Balaban J connectivity index is 1.55. The Kier molecular flexibility index (Phi) is 5.15. The number of hydrogen-bond acceptors (Lipinski definition) is 3. The van der Waals surface area contributed by atoms with Gasteiger partial charge in [0.15, 0.2) is 0 Å². The lowest BCUT2D eigenvalue weighted by atomic mass is 9.73. The number of likely N-dealkylation sites (tertiary alicyclic amines) is 2. The Bertz CT molecular complexity index is 890. The maximum absolute atomic E-state index is 13.4. The molecule has 1 spiro atoms. The van der Waals surface area contributed by atoms with E-state index in [1.807, 2.05) is 51.9 Å². The van der Waals surface area contributed by atoms with E-state index in [1.165, 1.54) is 0 Å². The van der Waals surface area contributed by atoms with Gasteiger partial charge in [0.2, 0.25) is 5.91 Å². The van der Waals surface area contributed by atoms with Crippen molar-refractivity contribution in [1.29, 1.82) is 0 Å². The molecule has 0 unspecified atom stereocenters. The Morgan fingerprint density at radius 3 is 2.86 bits per heavy atom. The first kappa shape index (κ1) is 19.0. The summed E-state index contributed by atoms with van der Waals surface area (Å²) >= 11 is 0. The van der Waals surface area contributed by atoms with E-state index in [4.69, 9.17) is 4.74 Å². The minimum absolute atomic E-state index is 0.0140. The molecule has 6 nitrogen and oxygen atoms in total. The first-order valence-electron chi connectivity index (χ1n) is 10.1. The second-order valence-electron chi connectivity index (χ2n) is 8.31. The molecular weight excluding hydrogens is 354 g/mol. The summed E-state index contributed by atoms with van der Waals surface area (Å²) in [7, 11) is 3.65. The van der Waals surface area contributed by atoms with Gasteiger partial charge < -0.3 is 19.1 Å². The van der Waals surface area contributed by atoms with Gasteiger partial charge in [-0.15, -0.1) is 0 Å². The Morgan fingerprint density at radius 2 is 2.04 bits per heavy atom. The van der Waals surface area contributed by atoms with Gasteiger partial charge in [0.05, 0.1) is 12.2 Å². The zero-order chi connectivity index (χ0) is 19.7. The standard InChI is InChI=1S/C22H29N3O3/c1-23-14-18(17-6-3-4-7-19(17)23)21(27)25-11-5-9-22(16-25)10-8-20(26)24(15-22)12-13-28-2/h3-4,6-7,14H,5,8-13,15-16H2,1-2H3/t22-/m0/s1. The summed E-state index contributed by atoms with van der Waals surface area (Å²) in [4.78, 5) is 29.6. The van der Waals surface area contributed by atoms with Gasteiger partial charge in [0.1, 0.15) is 0 Å². The first-order valence-corrected chi connectivity index (χ1v) is 10.1. The number of fused-ring (bicyclic) bond motifs is 1. The van der Waals surface area contributed by atoms with E-state index in [9.17, 15) is 9.59 Å². The number of carbonyl (C=O) groups excluding carboxylic acids is 2. The molecule has 28 heavy (non-hydrogen) atoms. The number of methoxy groups -OCH3 is 1. The fourth-order valence-electron chi connectivity index (χ4n) is 4.90. The van der Waals surface area contributed by atoms with E-state index in [2.05, 4.69) is 0 Å². The predicted molar refractivity (Wildman–Crippen MR) is 108 cm³/mol. The van der Waals surface area contributed by atoms with Gasteiger partial charge >= 0.3 is 0 Å². The molecule has 1 aromatic heterocycles. The number of amides is 2. The van der Waals surface area contributed by atoms with Gasteiger partial charge in [0.25, 0.3) is 5.91 Å². The quantitative estimate of drug-likeness (QED) is 0.816. The highest BCUT2D eigenvalue weighted by atomic mass is 16.5. The Hall–Kier alpha value is -2.34. The van der Waals surface area contributed by atoms with Crippen LogP contribution in [0.4, 0.5) is 0 Å². The largest absolute Gasteiger partial charge is 0.383 e. The molecule has 150 valence electrons. The van der Waals surface area contributed by atoms with Crippen LogP contribution in [-0.2, 0) is 16.6 Å². The number of piperidine rings is 2. The number of aromatic nitrogens is 1. The summed E-state index contributed by atoms with van der Waals surface area (Å²) in [5.74, 6) is 0.316. The molecule has 0 N–H and O–H groups in total. The molecule has 2 fully saturated rings. The molecule has 0 radical (unpaired) electrons. The van der Waals surface area contributed by atoms with Crippen LogP contribution in [0.2, 0.25) is 0 Å². The zero-order valence-electron chi connectivity index (χ0n) is 16.8. The van der Waals surface area contributed by atoms with Crippen molar-refractivity contribution in [3.63, 3.8) is 0 Å². The number of aryl methyl sites for hydroxylation is 1. The molecule has 1 aromatic carbocycles. The number of benzene rings is 1. The van der Waals surface area contributed by atoms with Crippen molar-refractivity contribution in [3.05, 3.63) is 36.0 Å². The fourth-order valence-corrected chi connectivity index (χ4v) is 4.90. The molecule has 0 aliphatic carbocycles. The Labute approximate surface area is 166 Å². The minimum Gasteiger partial charge on any atom is -0.383 e. The van der Waals surface area contributed by atoms with E-state index in [0.29, 0.717) is 19.6 Å². The maximum Gasteiger partial charge on any atom is 0.256 e. The number of hydrogen-bond donors (Lipinski definition) is 0. The van der Waals surface area contributed by atoms with Crippen LogP contribution >= 0.6 is 0 Å². The monoisotopic (exact) mass is 383 g/mol. The number of ether oxygens (including phenoxy) is 1. The highest BCUT2D eigenvalue weighted by Gasteiger charge is 2.42. The molecule has 0 saturated carbocycles. The smallest absolute Gasteiger partial charge is 0.256 e. The molecule has 1 atom stereocenters. The van der Waals surface area contributed by atoms with Gasteiger partial charge in [-0.25, -0.2) is 0 Å². The van der Waals surface area contributed by atoms with Crippen LogP contribution < -0.4 is 0 Å². The van der Waals surface area contributed by atoms with Crippen LogP contribution in [0, 0.1) is 5.41 Å². The highest BCUT2D eigenvalue weighted by Crippen LogP contribution is 2.39. The summed E-state index contributed by atoms with van der Waals surface area (Å²) in [6, 6.07) is 8.05. The van der Waals surface area contributed by atoms with Gasteiger partial charge in [-0.05, 0) is 25.3 Å². The molecule has 2 aliphatic heterocycles. The third-order valence-corrected chi connectivity index (χ3v) is 6.39. The van der Waals surface area contributed by atoms with E-state index < -0.39 is 0 Å². The van der Waals surface area contributed by atoms with Crippen LogP contribution in [-0.4, -0.2) is 66.1 Å². The van der Waals surface area contributed by atoms with Gasteiger partial charge in [-0.3, -0.25) is 9.59 Å². The molecule has 6 heteroatoms. The zero-order valence-corrected chi connectivity index (χ0v) is 16.8. The normalized spacial score (nSPS) is 23.0. The number of nitrogens with zero attached hydrogens (tertiary/aromatic N) is 3. The lowest BCUT2D eigenvalue weighted by Crippen LogP contribution is -2.55. The summed E-state index contributed by atoms with van der Waals surface area (Å²) in [6.07, 6.45) is 5.45.